The number of phenolic OH excluding ortho intramolecular Hbond substituents is 1. The molecule has 88 valence electrons. The Morgan fingerprint density at radius 2 is 1.88 bits per heavy atom. The molecule has 16 heavy (non-hydrogen) atoms. The van der Waals surface area contributed by atoms with Crippen LogP contribution in [0.25, 0.3) is 0 Å². The van der Waals surface area contributed by atoms with Gasteiger partial charge in [-0.05, 0) is 53.7 Å². The van der Waals surface area contributed by atoms with E-state index >= 15 is 0 Å². The fraction of sp³-hybridized carbons (Fsp3) is 0.538. The minimum atomic E-state index is -0.328. The number of phenols is 1. The summed E-state index contributed by atoms with van der Waals surface area (Å²) in [5, 5.41) is 10.2. The van der Waals surface area contributed by atoms with Crippen LogP contribution in [0.3, 0.4) is 0 Å². The highest BCUT2D eigenvalue weighted by Crippen LogP contribution is 2.44. The van der Waals surface area contributed by atoms with E-state index in [1.54, 1.807) is 0 Å². The predicted molar refractivity (Wildman–Crippen MR) is 69.6 cm³/mol. The summed E-state index contributed by atoms with van der Waals surface area (Å²) >= 11 is 3.45. The van der Waals surface area contributed by atoms with Gasteiger partial charge in [-0.15, -0.1) is 0 Å². The van der Waals surface area contributed by atoms with E-state index in [1.165, 1.54) is 5.56 Å². The van der Waals surface area contributed by atoms with Gasteiger partial charge in [0.15, 0.2) is 0 Å². The highest BCUT2D eigenvalue weighted by molar-refractivity contribution is 9.10. The lowest BCUT2D eigenvalue weighted by Crippen LogP contribution is -2.33. The van der Waals surface area contributed by atoms with Crippen LogP contribution in [0.5, 0.6) is 5.75 Å². The van der Waals surface area contributed by atoms with E-state index in [1.807, 2.05) is 13.0 Å². The Morgan fingerprint density at radius 1 is 1.31 bits per heavy atom. The highest BCUT2D eigenvalue weighted by atomic mass is 79.9. The van der Waals surface area contributed by atoms with Gasteiger partial charge in [-0.25, -0.2) is 0 Å². The Balaban J connectivity index is 2.57. The van der Waals surface area contributed by atoms with Crippen molar-refractivity contribution >= 4 is 15.9 Å². The molecular weight excluding hydrogens is 266 g/mol. The van der Waals surface area contributed by atoms with Gasteiger partial charge in [0.1, 0.15) is 5.75 Å². The summed E-state index contributed by atoms with van der Waals surface area (Å²) in [5.41, 5.74) is 9.23. The van der Waals surface area contributed by atoms with Gasteiger partial charge < -0.3 is 10.8 Å². The number of halogens is 1. The molecule has 1 aliphatic rings. The Morgan fingerprint density at radius 3 is 2.44 bits per heavy atom. The van der Waals surface area contributed by atoms with Crippen molar-refractivity contribution in [2.75, 3.05) is 0 Å². The van der Waals surface area contributed by atoms with Crippen molar-refractivity contribution < 1.29 is 5.11 Å². The van der Waals surface area contributed by atoms with E-state index in [4.69, 9.17) is 5.73 Å². The molecule has 2 nitrogen and oxygen atoms in total. The van der Waals surface area contributed by atoms with Gasteiger partial charge in [0, 0.05) is 11.1 Å². The topological polar surface area (TPSA) is 46.2 Å². The van der Waals surface area contributed by atoms with Crippen molar-refractivity contribution in [1.82, 2.24) is 0 Å². The lowest BCUT2D eigenvalue weighted by Gasteiger charge is -2.26. The summed E-state index contributed by atoms with van der Waals surface area (Å²) in [6.07, 6.45) is 4.24. The fourth-order valence-electron chi connectivity index (χ4n) is 2.52. The maximum Gasteiger partial charge on any atom is 0.135 e. The summed E-state index contributed by atoms with van der Waals surface area (Å²) < 4.78 is 0.791. The van der Waals surface area contributed by atoms with E-state index in [9.17, 15) is 5.11 Å². The van der Waals surface area contributed by atoms with E-state index in [-0.39, 0.29) is 5.54 Å². The second kappa shape index (κ2) is 4.04. The zero-order chi connectivity index (χ0) is 11.9. The van der Waals surface area contributed by atoms with Crippen molar-refractivity contribution in [3.8, 4) is 5.75 Å². The monoisotopic (exact) mass is 283 g/mol. The van der Waals surface area contributed by atoms with Crippen molar-refractivity contribution in [2.45, 2.75) is 45.1 Å². The van der Waals surface area contributed by atoms with Crippen LogP contribution in [-0.2, 0) is 5.54 Å². The molecule has 0 bridgehead atoms. The Bertz CT molecular complexity index is 422. The molecule has 0 amide bonds. The number of hydrogen-bond donors (Lipinski definition) is 2. The first-order valence-electron chi connectivity index (χ1n) is 5.74. The zero-order valence-electron chi connectivity index (χ0n) is 9.81. The molecule has 0 radical (unpaired) electrons. The molecule has 1 saturated carbocycles. The van der Waals surface area contributed by atoms with Crippen LogP contribution in [0.1, 0.15) is 42.4 Å². The summed E-state index contributed by atoms with van der Waals surface area (Å²) in [7, 11) is 0. The van der Waals surface area contributed by atoms with Crippen molar-refractivity contribution in [2.24, 2.45) is 5.73 Å². The van der Waals surface area contributed by atoms with Crippen LogP contribution < -0.4 is 5.73 Å². The van der Waals surface area contributed by atoms with Crippen LogP contribution in [0, 0.1) is 13.8 Å². The molecule has 1 aromatic carbocycles. The molecule has 0 saturated heterocycles. The molecule has 0 aliphatic heterocycles. The average Bonchev–Trinajstić information content (AvgIpc) is 2.68. The Hall–Kier alpha value is -0.540. The van der Waals surface area contributed by atoms with Crippen LogP contribution in [0.2, 0.25) is 0 Å². The quantitative estimate of drug-likeness (QED) is 0.829. The van der Waals surface area contributed by atoms with Gasteiger partial charge in [0.05, 0.1) is 4.47 Å². The smallest absolute Gasteiger partial charge is 0.135 e. The Kier molecular flexibility index (Phi) is 3.01. The van der Waals surface area contributed by atoms with E-state index in [2.05, 4.69) is 22.9 Å². The SMILES string of the molecule is Cc1cc(C2(N)CCCC2)c(O)c(Br)c1C. The van der Waals surface area contributed by atoms with Crippen LogP contribution >= 0.6 is 15.9 Å². The van der Waals surface area contributed by atoms with Gasteiger partial charge in [0.2, 0.25) is 0 Å². The second-order valence-corrected chi connectivity index (χ2v) is 5.68. The molecule has 0 aromatic heterocycles. The fourth-order valence-corrected chi connectivity index (χ4v) is 3.04. The molecule has 1 fully saturated rings. The van der Waals surface area contributed by atoms with Crippen molar-refractivity contribution in [3.05, 3.63) is 27.2 Å². The summed E-state index contributed by atoms with van der Waals surface area (Å²) in [4.78, 5) is 0. The molecule has 0 heterocycles. The highest BCUT2D eigenvalue weighted by Gasteiger charge is 2.34. The molecule has 3 heteroatoms. The van der Waals surface area contributed by atoms with Crippen molar-refractivity contribution in [1.29, 1.82) is 0 Å². The lowest BCUT2D eigenvalue weighted by molar-refractivity contribution is 0.406. The van der Waals surface area contributed by atoms with Gasteiger partial charge >= 0.3 is 0 Å². The third kappa shape index (κ3) is 1.76. The first kappa shape index (κ1) is 11.9. The molecule has 0 unspecified atom stereocenters. The first-order chi connectivity index (χ1) is 7.46. The van der Waals surface area contributed by atoms with Gasteiger partial charge in [-0.3, -0.25) is 0 Å². The van der Waals surface area contributed by atoms with Crippen LogP contribution in [0.4, 0.5) is 0 Å². The Labute approximate surface area is 105 Å². The van der Waals surface area contributed by atoms with Gasteiger partial charge in [-0.1, -0.05) is 18.9 Å². The summed E-state index contributed by atoms with van der Waals surface area (Å²) in [6, 6.07) is 2.04. The number of aromatic hydroxyl groups is 1. The van der Waals surface area contributed by atoms with Crippen molar-refractivity contribution in [3.63, 3.8) is 0 Å². The molecule has 0 spiro atoms. The second-order valence-electron chi connectivity index (χ2n) is 4.89. The zero-order valence-corrected chi connectivity index (χ0v) is 11.4. The molecule has 1 aliphatic carbocycles. The standard InChI is InChI=1S/C13H18BrNO/c1-8-7-10(12(16)11(14)9(8)2)13(15)5-3-4-6-13/h7,16H,3-6,15H2,1-2H3. The lowest BCUT2D eigenvalue weighted by atomic mass is 9.86. The number of aryl methyl sites for hydroxylation is 1. The summed E-state index contributed by atoms with van der Waals surface area (Å²) in [5.74, 6) is 0.326. The molecule has 3 N–H and O–H groups in total. The molecular formula is C13H18BrNO. The minimum absolute atomic E-state index is 0.326. The van der Waals surface area contributed by atoms with E-state index in [0.29, 0.717) is 5.75 Å². The van der Waals surface area contributed by atoms with Crippen LogP contribution in [-0.4, -0.2) is 5.11 Å². The van der Waals surface area contributed by atoms with Crippen LogP contribution in [0.15, 0.2) is 10.5 Å². The molecule has 0 atom stereocenters. The first-order valence-corrected chi connectivity index (χ1v) is 6.53. The third-order valence-corrected chi connectivity index (χ3v) is 4.75. The van der Waals surface area contributed by atoms with Gasteiger partial charge in [0.25, 0.3) is 0 Å². The van der Waals surface area contributed by atoms with E-state index < -0.39 is 0 Å². The molecule has 1 aromatic rings. The van der Waals surface area contributed by atoms with E-state index in [0.717, 1.165) is 41.3 Å². The largest absolute Gasteiger partial charge is 0.506 e. The minimum Gasteiger partial charge on any atom is -0.506 e. The average molecular weight is 284 g/mol. The number of hydrogen-bond acceptors (Lipinski definition) is 2. The predicted octanol–water partition coefficient (Wildman–Crippen LogP) is 3.50. The number of nitrogens with two attached hydrogens (primary N) is 1. The third-order valence-electron chi connectivity index (χ3n) is 3.78. The summed E-state index contributed by atoms with van der Waals surface area (Å²) in [6.45, 7) is 4.06. The number of rotatable bonds is 1. The maximum absolute atomic E-state index is 10.2. The maximum atomic E-state index is 10.2. The molecule has 2 rings (SSSR count). The number of benzene rings is 1. The van der Waals surface area contributed by atoms with Gasteiger partial charge in [-0.2, -0.15) is 0 Å². The normalized spacial score (nSPS) is 19.0.